The van der Waals surface area contributed by atoms with Crippen molar-refractivity contribution in [2.24, 2.45) is 0 Å². The first-order valence-electron chi connectivity index (χ1n) is 6.65. The van der Waals surface area contributed by atoms with Gasteiger partial charge in [-0.05, 0) is 52.9 Å². The lowest BCUT2D eigenvalue weighted by Gasteiger charge is -2.07. The number of halogens is 1. The molecule has 3 heteroatoms. The minimum atomic E-state index is 0.783. The van der Waals surface area contributed by atoms with Gasteiger partial charge in [-0.15, -0.1) is 0 Å². The van der Waals surface area contributed by atoms with Gasteiger partial charge in [0.05, 0.1) is 3.57 Å². The number of para-hydroxylation sites is 2. The highest BCUT2D eigenvalue weighted by molar-refractivity contribution is 14.1. The van der Waals surface area contributed by atoms with Crippen molar-refractivity contribution in [3.05, 3.63) is 70.3 Å². The highest BCUT2D eigenvalue weighted by Crippen LogP contribution is 2.33. The monoisotopic (exact) mass is 386 g/mol. The van der Waals surface area contributed by atoms with Gasteiger partial charge in [-0.2, -0.15) is 0 Å². The molecule has 0 aliphatic carbocycles. The van der Waals surface area contributed by atoms with Crippen molar-refractivity contribution >= 4 is 44.5 Å². The third kappa shape index (κ3) is 2.27. The number of ether oxygens (including phenoxy) is 1. The molecule has 4 aromatic rings. The molecule has 1 heterocycles. The van der Waals surface area contributed by atoms with E-state index in [1.165, 1.54) is 0 Å². The summed E-state index contributed by atoms with van der Waals surface area (Å²) in [7, 11) is 0. The first-order valence-corrected chi connectivity index (χ1v) is 7.73. The van der Waals surface area contributed by atoms with Crippen molar-refractivity contribution in [1.29, 1.82) is 0 Å². The summed E-state index contributed by atoms with van der Waals surface area (Å²) in [5, 5.41) is 2.24. The van der Waals surface area contributed by atoms with Crippen LogP contribution >= 0.6 is 22.6 Å². The summed E-state index contributed by atoms with van der Waals surface area (Å²) in [5.74, 6) is 1.64. The molecule has 0 saturated carbocycles. The third-order valence-electron chi connectivity index (χ3n) is 3.41. The van der Waals surface area contributed by atoms with Crippen LogP contribution in [0.4, 0.5) is 0 Å². The lowest BCUT2D eigenvalue weighted by Crippen LogP contribution is -1.86. The number of fused-ring (bicyclic) bond motifs is 3. The maximum atomic E-state index is 5.95. The van der Waals surface area contributed by atoms with Crippen molar-refractivity contribution in [2.45, 2.75) is 0 Å². The maximum Gasteiger partial charge on any atom is 0.140 e. The fourth-order valence-corrected chi connectivity index (χ4v) is 2.92. The molecule has 0 unspecified atom stereocenters. The van der Waals surface area contributed by atoms with Gasteiger partial charge in [-0.25, -0.2) is 0 Å². The van der Waals surface area contributed by atoms with Gasteiger partial charge in [0.25, 0.3) is 0 Å². The van der Waals surface area contributed by atoms with E-state index in [0.29, 0.717) is 0 Å². The summed E-state index contributed by atoms with van der Waals surface area (Å²) in [5.41, 5.74) is 1.75. The van der Waals surface area contributed by atoms with Crippen molar-refractivity contribution in [3.63, 3.8) is 0 Å². The number of furan rings is 1. The van der Waals surface area contributed by atoms with E-state index in [2.05, 4.69) is 28.7 Å². The Balaban J connectivity index is 1.80. The second kappa shape index (κ2) is 5.07. The molecule has 0 radical (unpaired) electrons. The van der Waals surface area contributed by atoms with Crippen molar-refractivity contribution in [2.75, 3.05) is 0 Å². The Hall–Kier alpha value is -2.01. The van der Waals surface area contributed by atoms with Crippen LogP contribution in [-0.4, -0.2) is 0 Å². The average Bonchev–Trinajstić information content (AvgIpc) is 2.87. The topological polar surface area (TPSA) is 22.4 Å². The third-order valence-corrected chi connectivity index (χ3v) is 4.31. The van der Waals surface area contributed by atoms with Gasteiger partial charge < -0.3 is 9.15 Å². The molecule has 4 rings (SSSR count). The van der Waals surface area contributed by atoms with E-state index in [1.807, 2.05) is 60.7 Å². The molecule has 0 amide bonds. The van der Waals surface area contributed by atoms with E-state index >= 15 is 0 Å². The predicted molar refractivity (Wildman–Crippen MR) is 93.0 cm³/mol. The largest absolute Gasteiger partial charge is 0.456 e. The summed E-state index contributed by atoms with van der Waals surface area (Å²) in [4.78, 5) is 0. The minimum Gasteiger partial charge on any atom is -0.456 e. The van der Waals surface area contributed by atoms with Crippen LogP contribution in [0, 0.1) is 3.57 Å². The van der Waals surface area contributed by atoms with E-state index in [9.17, 15) is 0 Å². The van der Waals surface area contributed by atoms with Gasteiger partial charge >= 0.3 is 0 Å². The Morgan fingerprint density at radius 3 is 2.43 bits per heavy atom. The fourth-order valence-electron chi connectivity index (χ4n) is 2.42. The highest BCUT2D eigenvalue weighted by atomic mass is 127. The molecule has 0 aliphatic heterocycles. The molecule has 0 fully saturated rings. The molecule has 21 heavy (non-hydrogen) atoms. The van der Waals surface area contributed by atoms with Gasteiger partial charge in [0.2, 0.25) is 0 Å². The zero-order valence-electron chi connectivity index (χ0n) is 11.0. The van der Waals surface area contributed by atoms with Crippen molar-refractivity contribution in [1.82, 2.24) is 0 Å². The summed E-state index contributed by atoms with van der Waals surface area (Å²) >= 11 is 2.27. The summed E-state index contributed by atoms with van der Waals surface area (Å²) < 4.78 is 12.9. The van der Waals surface area contributed by atoms with E-state index in [4.69, 9.17) is 9.15 Å². The molecule has 0 bridgehead atoms. The lowest BCUT2D eigenvalue weighted by atomic mass is 10.1. The first kappa shape index (κ1) is 12.7. The normalized spacial score (nSPS) is 11.1. The zero-order chi connectivity index (χ0) is 14.2. The molecule has 2 nitrogen and oxygen atoms in total. The van der Waals surface area contributed by atoms with Crippen LogP contribution in [0.3, 0.4) is 0 Å². The van der Waals surface area contributed by atoms with E-state index < -0.39 is 0 Å². The molecule has 0 saturated heterocycles. The van der Waals surface area contributed by atoms with E-state index in [0.717, 1.165) is 37.0 Å². The van der Waals surface area contributed by atoms with E-state index in [1.54, 1.807) is 0 Å². The van der Waals surface area contributed by atoms with Gasteiger partial charge in [0.1, 0.15) is 22.7 Å². The van der Waals surface area contributed by atoms with Crippen LogP contribution < -0.4 is 4.74 Å². The van der Waals surface area contributed by atoms with Crippen LogP contribution in [0.15, 0.2) is 71.1 Å². The highest BCUT2D eigenvalue weighted by Gasteiger charge is 2.08. The Morgan fingerprint density at radius 1 is 0.762 bits per heavy atom. The number of benzene rings is 3. The smallest absolute Gasteiger partial charge is 0.140 e. The van der Waals surface area contributed by atoms with Crippen LogP contribution in [0.5, 0.6) is 11.5 Å². The summed E-state index contributed by atoms with van der Waals surface area (Å²) in [6, 6.07) is 22.0. The SMILES string of the molecule is Ic1ccccc1Oc1ccc2c(c1)oc1ccccc12. The molecule has 0 spiro atoms. The van der Waals surface area contributed by atoms with Gasteiger partial charge in [-0.3, -0.25) is 0 Å². The Labute approximate surface area is 135 Å². The molecular weight excluding hydrogens is 375 g/mol. The molecular formula is C18H11IO2. The zero-order valence-corrected chi connectivity index (χ0v) is 13.2. The first-order chi connectivity index (χ1) is 10.3. The van der Waals surface area contributed by atoms with Crippen molar-refractivity contribution < 1.29 is 9.15 Å². The predicted octanol–water partition coefficient (Wildman–Crippen LogP) is 5.98. The second-order valence-electron chi connectivity index (χ2n) is 4.79. The van der Waals surface area contributed by atoms with Crippen molar-refractivity contribution in [3.8, 4) is 11.5 Å². The quantitative estimate of drug-likeness (QED) is 0.396. The summed E-state index contributed by atoms with van der Waals surface area (Å²) in [6.07, 6.45) is 0. The Kier molecular flexibility index (Phi) is 3.07. The van der Waals surface area contributed by atoms with Crippen LogP contribution in [0.25, 0.3) is 21.9 Å². The molecule has 102 valence electrons. The summed E-state index contributed by atoms with van der Waals surface area (Å²) in [6.45, 7) is 0. The van der Waals surface area contributed by atoms with Crippen LogP contribution in [0.1, 0.15) is 0 Å². The second-order valence-corrected chi connectivity index (χ2v) is 5.95. The lowest BCUT2D eigenvalue weighted by molar-refractivity contribution is 0.479. The van der Waals surface area contributed by atoms with Crippen LogP contribution in [-0.2, 0) is 0 Å². The minimum absolute atomic E-state index is 0.783. The Morgan fingerprint density at radius 2 is 1.52 bits per heavy atom. The number of hydrogen-bond donors (Lipinski definition) is 0. The standard InChI is InChI=1S/C18H11IO2/c19-15-6-2-4-8-17(15)20-12-9-10-14-13-5-1-3-7-16(13)21-18(14)11-12/h1-11H. The fraction of sp³-hybridized carbons (Fsp3) is 0. The molecule has 0 aliphatic rings. The maximum absolute atomic E-state index is 5.95. The van der Waals surface area contributed by atoms with Gasteiger partial charge in [-0.1, -0.05) is 30.3 Å². The molecule has 1 aromatic heterocycles. The van der Waals surface area contributed by atoms with Crippen LogP contribution in [0.2, 0.25) is 0 Å². The van der Waals surface area contributed by atoms with Gasteiger partial charge in [0.15, 0.2) is 0 Å². The molecule has 3 aromatic carbocycles. The molecule has 0 atom stereocenters. The Bertz CT molecular complexity index is 940. The van der Waals surface area contributed by atoms with E-state index in [-0.39, 0.29) is 0 Å². The molecule has 0 N–H and O–H groups in total. The number of hydrogen-bond acceptors (Lipinski definition) is 2. The van der Waals surface area contributed by atoms with Gasteiger partial charge in [0, 0.05) is 16.8 Å². The average molecular weight is 386 g/mol. The number of rotatable bonds is 2.